The van der Waals surface area contributed by atoms with Crippen LogP contribution in [0.2, 0.25) is 0 Å². The fourth-order valence-corrected chi connectivity index (χ4v) is 3.06. The predicted molar refractivity (Wildman–Crippen MR) is 102 cm³/mol. The molecule has 2 N–H and O–H groups in total. The minimum atomic E-state index is -4.58. The predicted octanol–water partition coefficient (Wildman–Crippen LogP) is 1.63. The van der Waals surface area contributed by atoms with Gasteiger partial charge in [0.05, 0.1) is 27.7 Å². The van der Waals surface area contributed by atoms with Crippen LogP contribution in [0.25, 0.3) is 0 Å². The molecule has 0 saturated heterocycles. The largest absolute Gasteiger partial charge is 0.756 e. The molecule has 3 atom stereocenters. The van der Waals surface area contributed by atoms with Crippen molar-refractivity contribution in [3.05, 3.63) is 0 Å². The highest BCUT2D eigenvalue weighted by Crippen LogP contribution is 2.38. The van der Waals surface area contributed by atoms with E-state index in [0.717, 1.165) is 19.3 Å². The van der Waals surface area contributed by atoms with Gasteiger partial charge in [-0.3, -0.25) is 9.36 Å². The van der Waals surface area contributed by atoms with Crippen molar-refractivity contribution in [2.45, 2.75) is 70.5 Å². The third-order valence-corrected chi connectivity index (χ3v) is 5.10. The van der Waals surface area contributed by atoms with E-state index in [1.165, 1.54) is 19.3 Å². The third-order valence-electron chi connectivity index (χ3n) is 4.14. The summed E-state index contributed by atoms with van der Waals surface area (Å²) in [6.45, 7) is 1.84. The number of aliphatic hydroxyl groups excluding tert-OH is 2. The second kappa shape index (κ2) is 13.8. The van der Waals surface area contributed by atoms with Gasteiger partial charge in [0.1, 0.15) is 25.4 Å². The molecule has 0 aliphatic carbocycles. The van der Waals surface area contributed by atoms with Crippen molar-refractivity contribution < 1.29 is 38.0 Å². The molecule has 0 aliphatic rings. The van der Waals surface area contributed by atoms with Crippen LogP contribution in [0.15, 0.2) is 0 Å². The van der Waals surface area contributed by atoms with Crippen LogP contribution < -0.4 is 4.89 Å². The second-order valence-corrected chi connectivity index (χ2v) is 9.35. The Balaban J connectivity index is 4.02. The molecule has 0 aromatic carbocycles. The molecule has 0 rings (SSSR count). The zero-order valence-corrected chi connectivity index (χ0v) is 18.2. The van der Waals surface area contributed by atoms with Gasteiger partial charge in [0.2, 0.25) is 0 Å². The van der Waals surface area contributed by atoms with Gasteiger partial charge in [-0.1, -0.05) is 45.4 Å². The average Bonchev–Trinajstić information content (AvgIpc) is 2.56. The minimum Gasteiger partial charge on any atom is -0.756 e. The molecule has 0 saturated carbocycles. The number of hydrogen-bond donors (Lipinski definition) is 2. The molecule has 0 fully saturated rings. The van der Waals surface area contributed by atoms with Crippen molar-refractivity contribution in [3.63, 3.8) is 0 Å². The molecule has 0 aromatic rings. The number of rotatable bonds is 17. The molecule has 0 aliphatic heterocycles. The van der Waals surface area contributed by atoms with E-state index in [0.29, 0.717) is 17.4 Å². The molecule has 27 heavy (non-hydrogen) atoms. The van der Waals surface area contributed by atoms with E-state index < -0.39 is 32.4 Å². The zero-order chi connectivity index (χ0) is 20.9. The number of hydrogen-bond acceptors (Lipinski definition) is 7. The molecule has 0 heterocycles. The molecular weight excluding hydrogens is 373 g/mol. The summed E-state index contributed by atoms with van der Waals surface area (Å²) in [7, 11) is 1.07. The van der Waals surface area contributed by atoms with Gasteiger partial charge >= 0.3 is 0 Å². The van der Waals surface area contributed by atoms with Crippen molar-refractivity contribution in [3.8, 4) is 0 Å². The summed E-state index contributed by atoms with van der Waals surface area (Å²) in [5.74, 6) is -0.508. The normalized spacial score (nSPS) is 16.7. The first-order valence-electron chi connectivity index (χ1n) is 9.78. The van der Waals surface area contributed by atoms with Gasteiger partial charge in [0.25, 0.3) is 7.82 Å². The van der Waals surface area contributed by atoms with E-state index in [9.17, 15) is 24.5 Å². The van der Waals surface area contributed by atoms with E-state index >= 15 is 0 Å². The summed E-state index contributed by atoms with van der Waals surface area (Å²) >= 11 is 0. The Hall–Kier alpha value is -0.340. The molecule has 0 amide bonds. The van der Waals surface area contributed by atoms with E-state index in [-0.39, 0.29) is 13.0 Å². The summed E-state index contributed by atoms with van der Waals surface area (Å²) in [6, 6.07) is 0. The van der Waals surface area contributed by atoms with Gasteiger partial charge in [-0.2, -0.15) is 0 Å². The molecule has 0 aromatic heterocycles. The summed E-state index contributed by atoms with van der Waals surface area (Å²) in [5.41, 5.74) is 0. The number of carbonyl (C=O) groups excluding carboxylic acids is 1. The average molecular weight is 411 g/mol. The quantitative estimate of drug-likeness (QED) is 0.212. The highest BCUT2D eigenvalue weighted by atomic mass is 31.2. The highest BCUT2D eigenvalue weighted by Gasteiger charge is 2.25. The van der Waals surface area contributed by atoms with Crippen LogP contribution in [0.3, 0.4) is 0 Å². The summed E-state index contributed by atoms with van der Waals surface area (Å²) in [5, 5.41) is 19.6. The molecule has 2 unspecified atom stereocenters. The van der Waals surface area contributed by atoms with Crippen LogP contribution in [-0.4, -0.2) is 73.6 Å². The van der Waals surface area contributed by atoms with E-state index in [1.54, 1.807) is 0 Å². The third kappa shape index (κ3) is 15.3. The van der Waals surface area contributed by atoms with Gasteiger partial charge in [0.15, 0.2) is 5.78 Å². The fourth-order valence-electron chi connectivity index (χ4n) is 2.34. The molecule has 9 heteroatoms. The first kappa shape index (κ1) is 26.7. The van der Waals surface area contributed by atoms with Crippen LogP contribution in [0.1, 0.15) is 58.3 Å². The van der Waals surface area contributed by atoms with Gasteiger partial charge in [-0.15, -0.1) is 0 Å². The Morgan fingerprint density at radius 1 is 1.04 bits per heavy atom. The van der Waals surface area contributed by atoms with Crippen molar-refractivity contribution >= 4 is 13.6 Å². The van der Waals surface area contributed by atoms with Crippen molar-refractivity contribution in [1.82, 2.24) is 0 Å². The maximum absolute atomic E-state index is 11.9. The number of phosphoric ester groups is 1. The monoisotopic (exact) mass is 411 g/mol. The maximum Gasteiger partial charge on any atom is 0.268 e. The number of Topliss-reactive ketones (excluding diaryl/α,β-unsaturated/α-hetero) is 1. The molecule has 162 valence electrons. The molecule has 0 radical (unpaired) electrons. The number of unbranched alkanes of at least 4 members (excludes halogenated alkanes) is 6. The Kier molecular flexibility index (Phi) is 13.6. The number of likely N-dealkylation sites (N-methyl/N-ethyl adjacent to an activating group) is 1. The number of quaternary nitrogens is 1. The Labute approximate surface area is 163 Å². The van der Waals surface area contributed by atoms with Crippen LogP contribution in [-0.2, 0) is 18.4 Å². The lowest BCUT2D eigenvalue weighted by molar-refractivity contribution is -0.870. The number of phosphoric acid groups is 1. The minimum absolute atomic E-state index is 0.0554. The van der Waals surface area contributed by atoms with Gasteiger partial charge < -0.3 is 28.6 Å². The Morgan fingerprint density at radius 3 is 2.15 bits per heavy atom. The lowest BCUT2D eigenvalue weighted by Gasteiger charge is -2.28. The number of nitrogens with zero attached hydrogens (tertiary/aromatic N) is 1. The van der Waals surface area contributed by atoms with Crippen LogP contribution >= 0.6 is 7.82 Å². The Bertz CT molecular complexity index is 453. The highest BCUT2D eigenvalue weighted by molar-refractivity contribution is 7.45. The second-order valence-electron chi connectivity index (χ2n) is 7.94. The Morgan fingerprint density at radius 2 is 1.59 bits per heavy atom. The molecule has 0 spiro atoms. The topological polar surface area (TPSA) is 116 Å². The van der Waals surface area contributed by atoms with Gasteiger partial charge in [0, 0.05) is 6.42 Å². The van der Waals surface area contributed by atoms with Gasteiger partial charge in [-0.25, -0.2) is 0 Å². The van der Waals surface area contributed by atoms with Crippen LogP contribution in [0.5, 0.6) is 0 Å². The smallest absolute Gasteiger partial charge is 0.268 e. The van der Waals surface area contributed by atoms with E-state index in [4.69, 9.17) is 4.52 Å². The standard InChI is InChI=1S/C18H38NO7P/c1-5-6-7-8-9-10-11-12-16(20)18(22)17(21)15-26-27(23,24)25-14-13-19(2,3)4/h17-18,21-22H,5-15H2,1-4H3/t17-,18?/m0/s1. The molecule has 8 nitrogen and oxygen atoms in total. The summed E-state index contributed by atoms with van der Waals surface area (Å²) in [4.78, 5) is 23.5. The number of carbonyl (C=O) groups is 1. The van der Waals surface area contributed by atoms with Crippen LogP contribution in [0, 0.1) is 0 Å². The number of aliphatic hydroxyl groups is 2. The lowest BCUT2D eigenvalue weighted by atomic mass is 10.0. The van der Waals surface area contributed by atoms with Crippen molar-refractivity contribution in [2.24, 2.45) is 0 Å². The first-order valence-corrected chi connectivity index (χ1v) is 11.2. The van der Waals surface area contributed by atoms with E-state index in [2.05, 4.69) is 11.4 Å². The van der Waals surface area contributed by atoms with Crippen molar-refractivity contribution in [2.75, 3.05) is 40.9 Å². The maximum atomic E-state index is 11.9. The van der Waals surface area contributed by atoms with Crippen molar-refractivity contribution in [1.29, 1.82) is 0 Å². The zero-order valence-electron chi connectivity index (χ0n) is 17.3. The fraction of sp³-hybridized carbons (Fsp3) is 0.944. The SMILES string of the molecule is CCCCCCCCCC(=O)C(O)[C@@H](O)COP(=O)([O-])OCC[N+](C)(C)C. The van der Waals surface area contributed by atoms with Gasteiger partial charge in [-0.05, 0) is 6.42 Å². The van der Waals surface area contributed by atoms with E-state index in [1.807, 2.05) is 21.1 Å². The molecule has 0 bridgehead atoms. The lowest BCUT2D eigenvalue weighted by Crippen LogP contribution is -2.38. The molecular formula is C18H38NO7P. The first-order chi connectivity index (χ1) is 12.5. The summed E-state index contributed by atoms with van der Waals surface area (Å²) in [6.07, 6.45) is 4.19. The summed E-state index contributed by atoms with van der Waals surface area (Å²) < 4.78 is 21.4. The number of ketones is 1. The van der Waals surface area contributed by atoms with Crippen LogP contribution in [0.4, 0.5) is 0 Å².